The number of fused-ring (bicyclic) bond motifs is 7. The Kier molecular flexibility index (Phi) is 6.43. The van der Waals surface area contributed by atoms with Gasteiger partial charge in [0.25, 0.3) is 0 Å². The first-order valence-corrected chi connectivity index (χ1v) is 18.9. The molecule has 0 amide bonds. The Hall–Kier alpha value is -0.123. The van der Waals surface area contributed by atoms with E-state index in [1.165, 1.54) is 69.8 Å². The van der Waals surface area contributed by atoms with Crippen molar-refractivity contribution in [3.8, 4) is 0 Å². The molecule has 0 saturated heterocycles. The molecule has 0 heterocycles. The molecule has 0 aromatic heterocycles. The lowest BCUT2D eigenvalue weighted by molar-refractivity contribution is -0.248. The molecule has 0 aliphatic heterocycles. The summed E-state index contributed by atoms with van der Waals surface area (Å²) in [5.74, 6) is 3.56. The molecule has 5 fully saturated rings. The van der Waals surface area contributed by atoms with Crippen LogP contribution in [0.5, 0.6) is 0 Å². The van der Waals surface area contributed by atoms with Crippen LogP contribution in [-0.4, -0.2) is 26.1 Å². The molecule has 5 aliphatic carbocycles. The van der Waals surface area contributed by atoms with Crippen LogP contribution >= 0.6 is 0 Å². The zero-order chi connectivity index (χ0) is 26.5. The standard InChI is InChI=1S/C33H58O2Si/c1-22(2)23-13-18-33(21-34)20-19-31(6)24(28(23)33)11-12-26-30(5)16-15-27(35-36(8,9)10)29(3,4)25(30)14-17-32(26,31)7/h23-28,34H,1,11-21H2,2-10H3/t23-,24+,25-,26+,27-,28+,30-,31+,32+,33+/m0/s1. The third-order valence-electron chi connectivity index (χ3n) is 14.0. The monoisotopic (exact) mass is 514 g/mol. The van der Waals surface area contributed by atoms with Crippen molar-refractivity contribution in [2.75, 3.05) is 6.61 Å². The van der Waals surface area contributed by atoms with Crippen molar-refractivity contribution in [3.63, 3.8) is 0 Å². The van der Waals surface area contributed by atoms with Gasteiger partial charge in [0.15, 0.2) is 8.32 Å². The largest absolute Gasteiger partial charge is 0.414 e. The van der Waals surface area contributed by atoms with E-state index in [-0.39, 0.29) is 10.8 Å². The molecule has 36 heavy (non-hydrogen) atoms. The fourth-order valence-corrected chi connectivity index (χ4v) is 13.4. The summed E-state index contributed by atoms with van der Waals surface area (Å²) in [5, 5.41) is 10.7. The molecular formula is C33H58O2Si. The first-order valence-electron chi connectivity index (χ1n) is 15.5. The topological polar surface area (TPSA) is 29.5 Å². The second kappa shape index (κ2) is 8.44. The minimum Gasteiger partial charge on any atom is -0.414 e. The van der Waals surface area contributed by atoms with Crippen LogP contribution in [0.4, 0.5) is 0 Å². The fraction of sp³-hybridized carbons (Fsp3) is 0.939. The number of rotatable bonds is 4. The predicted octanol–water partition coefficient (Wildman–Crippen LogP) is 8.86. The third-order valence-corrected chi connectivity index (χ3v) is 15.0. The summed E-state index contributed by atoms with van der Waals surface area (Å²) in [7, 11) is -1.57. The van der Waals surface area contributed by atoms with Crippen LogP contribution in [0.25, 0.3) is 0 Å². The molecule has 0 aromatic carbocycles. The second-order valence-electron chi connectivity index (χ2n) is 16.8. The van der Waals surface area contributed by atoms with E-state index in [0.29, 0.717) is 40.8 Å². The van der Waals surface area contributed by atoms with Gasteiger partial charge in [-0.15, -0.1) is 0 Å². The quantitative estimate of drug-likeness (QED) is 0.300. The second-order valence-corrected chi connectivity index (χ2v) is 21.2. The number of aliphatic hydroxyl groups is 1. The van der Waals surface area contributed by atoms with Gasteiger partial charge < -0.3 is 9.53 Å². The lowest BCUT2D eigenvalue weighted by Crippen LogP contribution is -2.67. The normalized spacial score (nSPS) is 52.1. The van der Waals surface area contributed by atoms with Crippen LogP contribution in [0, 0.1) is 56.7 Å². The van der Waals surface area contributed by atoms with Gasteiger partial charge in [0.2, 0.25) is 0 Å². The predicted molar refractivity (Wildman–Crippen MR) is 154 cm³/mol. The molecule has 1 N–H and O–H groups in total. The lowest BCUT2D eigenvalue weighted by Gasteiger charge is -2.73. The zero-order valence-electron chi connectivity index (χ0n) is 25.3. The molecule has 10 atom stereocenters. The maximum absolute atomic E-state index is 10.7. The van der Waals surface area contributed by atoms with Gasteiger partial charge >= 0.3 is 0 Å². The maximum atomic E-state index is 10.7. The highest BCUT2D eigenvalue weighted by molar-refractivity contribution is 6.69. The summed E-state index contributed by atoms with van der Waals surface area (Å²) in [6.07, 6.45) is 13.5. The molecule has 0 aromatic rings. The van der Waals surface area contributed by atoms with Crippen molar-refractivity contribution < 1.29 is 9.53 Å². The summed E-state index contributed by atoms with van der Waals surface area (Å²) in [5.41, 5.74) is 2.98. The first kappa shape index (κ1) is 27.4. The van der Waals surface area contributed by atoms with E-state index in [4.69, 9.17) is 4.43 Å². The van der Waals surface area contributed by atoms with Crippen LogP contribution < -0.4 is 0 Å². The summed E-state index contributed by atoms with van der Waals surface area (Å²) in [6.45, 7) is 27.5. The Morgan fingerprint density at radius 3 is 2.14 bits per heavy atom. The molecule has 0 spiro atoms. The highest BCUT2D eigenvalue weighted by Gasteiger charge is 2.70. The van der Waals surface area contributed by atoms with E-state index >= 15 is 0 Å². The SMILES string of the molecule is C=C(C)[C@@H]1CC[C@]2(CO)CC[C@]3(C)[C@H](CC[C@@H]4[C@@]5(C)CC[C@H](O[Si](C)(C)C)C(C)(C)[C@@H]5CC[C@]43C)[C@@H]12. The molecular weight excluding hydrogens is 456 g/mol. The van der Waals surface area contributed by atoms with Crippen molar-refractivity contribution in [1.82, 2.24) is 0 Å². The van der Waals surface area contributed by atoms with Gasteiger partial charge in [-0.3, -0.25) is 0 Å². The van der Waals surface area contributed by atoms with Crippen molar-refractivity contribution >= 4 is 8.32 Å². The van der Waals surface area contributed by atoms with Gasteiger partial charge in [-0.25, -0.2) is 0 Å². The van der Waals surface area contributed by atoms with E-state index in [0.717, 1.165) is 17.8 Å². The van der Waals surface area contributed by atoms with E-state index in [1.807, 2.05) is 0 Å². The van der Waals surface area contributed by atoms with Crippen molar-refractivity contribution in [3.05, 3.63) is 12.2 Å². The fourth-order valence-electron chi connectivity index (χ4n) is 12.2. The Morgan fingerprint density at radius 2 is 1.53 bits per heavy atom. The van der Waals surface area contributed by atoms with Crippen LogP contribution in [0.15, 0.2) is 12.2 Å². The minimum atomic E-state index is -1.57. The average Bonchev–Trinajstić information content (AvgIpc) is 3.16. The van der Waals surface area contributed by atoms with Gasteiger partial charge in [0.05, 0.1) is 6.10 Å². The van der Waals surface area contributed by atoms with Gasteiger partial charge in [-0.1, -0.05) is 46.8 Å². The Morgan fingerprint density at radius 1 is 0.833 bits per heavy atom. The molecule has 206 valence electrons. The molecule has 5 saturated carbocycles. The highest BCUT2D eigenvalue weighted by atomic mass is 28.4. The number of allylic oxidation sites excluding steroid dienone is 1. The summed E-state index contributed by atoms with van der Waals surface area (Å²) in [4.78, 5) is 0. The maximum Gasteiger partial charge on any atom is 0.184 e. The van der Waals surface area contributed by atoms with Crippen LogP contribution in [0.3, 0.4) is 0 Å². The summed E-state index contributed by atoms with van der Waals surface area (Å²) < 4.78 is 6.87. The zero-order valence-corrected chi connectivity index (χ0v) is 26.3. The van der Waals surface area contributed by atoms with E-state index in [1.54, 1.807) is 0 Å². The smallest absolute Gasteiger partial charge is 0.184 e. The number of hydrogen-bond donors (Lipinski definition) is 1. The van der Waals surface area contributed by atoms with Crippen molar-refractivity contribution in [2.24, 2.45) is 56.7 Å². The van der Waals surface area contributed by atoms with Crippen LogP contribution in [-0.2, 0) is 4.43 Å². The Labute approximate surface area is 224 Å². The summed E-state index contributed by atoms with van der Waals surface area (Å²) >= 11 is 0. The molecule has 2 nitrogen and oxygen atoms in total. The number of hydrogen-bond acceptors (Lipinski definition) is 2. The van der Waals surface area contributed by atoms with E-state index in [9.17, 15) is 5.11 Å². The van der Waals surface area contributed by atoms with Crippen molar-refractivity contribution in [1.29, 1.82) is 0 Å². The molecule has 5 aliphatic rings. The summed E-state index contributed by atoms with van der Waals surface area (Å²) in [6, 6.07) is 0. The van der Waals surface area contributed by atoms with Gasteiger partial charge in [0.1, 0.15) is 0 Å². The van der Waals surface area contributed by atoms with Crippen molar-refractivity contribution in [2.45, 2.75) is 131 Å². The Balaban J connectivity index is 1.49. The molecule has 5 rings (SSSR count). The molecule has 3 heteroatoms. The molecule has 0 bridgehead atoms. The van der Waals surface area contributed by atoms with E-state index in [2.05, 4.69) is 67.8 Å². The average molecular weight is 515 g/mol. The van der Waals surface area contributed by atoms with Crippen LogP contribution in [0.2, 0.25) is 19.6 Å². The van der Waals surface area contributed by atoms with Crippen LogP contribution in [0.1, 0.15) is 106 Å². The van der Waals surface area contributed by atoms with Gasteiger partial charge in [0, 0.05) is 6.61 Å². The minimum absolute atomic E-state index is 0.159. The Bertz CT molecular complexity index is 889. The molecule has 0 unspecified atom stereocenters. The highest BCUT2D eigenvalue weighted by Crippen LogP contribution is 2.77. The van der Waals surface area contributed by atoms with Gasteiger partial charge in [-0.05, 0) is 147 Å². The third kappa shape index (κ3) is 3.60. The lowest BCUT2D eigenvalue weighted by atomic mass is 9.32. The first-order chi connectivity index (χ1) is 16.6. The number of aliphatic hydroxyl groups excluding tert-OH is 1. The van der Waals surface area contributed by atoms with Gasteiger partial charge in [-0.2, -0.15) is 0 Å². The molecule has 0 radical (unpaired) electrons. The van der Waals surface area contributed by atoms with E-state index < -0.39 is 8.32 Å².